The van der Waals surface area contributed by atoms with E-state index >= 15 is 0 Å². The van der Waals surface area contributed by atoms with E-state index in [0.717, 1.165) is 15.4 Å². The fourth-order valence-electron chi connectivity index (χ4n) is 2.33. The van der Waals surface area contributed by atoms with Crippen LogP contribution in [0.4, 0.5) is 5.69 Å². The van der Waals surface area contributed by atoms with Crippen molar-refractivity contribution in [3.05, 3.63) is 57.6 Å². The molecule has 1 N–H and O–H groups in total. The Kier molecular flexibility index (Phi) is 6.11. The Morgan fingerprint density at radius 1 is 1.08 bits per heavy atom. The normalized spacial score (nSPS) is 11.6. The summed E-state index contributed by atoms with van der Waals surface area (Å²) in [5, 5.41) is 2.83. The minimum Gasteiger partial charge on any atom is -0.324 e. The minimum absolute atomic E-state index is 0.0637. The van der Waals surface area contributed by atoms with Gasteiger partial charge in [0, 0.05) is 12.7 Å². The highest BCUT2D eigenvalue weighted by Crippen LogP contribution is 2.30. The van der Waals surface area contributed by atoms with Gasteiger partial charge in [-0.2, -0.15) is 4.31 Å². The smallest absolute Gasteiger partial charge is 0.244 e. The van der Waals surface area contributed by atoms with Crippen molar-refractivity contribution in [1.29, 1.82) is 0 Å². The summed E-state index contributed by atoms with van der Waals surface area (Å²) in [4.78, 5) is 12.1. The number of nitrogens with zero attached hydrogens (tertiary/aromatic N) is 1. The van der Waals surface area contributed by atoms with Crippen molar-refractivity contribution in [3.63, 3.8) is 0 Å². The predicted molar refractivity (Wildman–Crippen MR) is 101 cm³/mol. The van der Waals surface area contributed by atoms with Crippen LogP contribution in [0.25, 0.3) is 0 Å². The van der Waals surface area contributed by atoms with Crippen LogP contribution in [-0.2, 0) is 14.8 Å². The number of likely N-dealkylation sites (N-methyl/N-ethyl adjacent to an activating group) is 1. The molecule has 8 heteroatoms. The Hall–Kier alpha value is -1.60. The number of aryl methyl sites for hydroxylation is 2. The number of amides is 1. The molecular weight excluding hydrogens is 383 g/mol. The minimum atomic E-state index is -3.94. The van der Waals surface area contributed by atoms with Crippen molar-refractivity contribution < 1.29 is 13.2 Å². The van der Waals surface area contributed by atoms with Crippen LogP contribution in [0.1, 0.15) is 11.1 Å². The van der Waals surface area contributed by atoms with Gasteiger partial charge in [-0.3, -0.25) is 4.79 Å². The lowest BCUT2D eigenvalue weighted by Crippen LogP contribution is -2.35. The van der Waals surface area contributed by atoms with E-state index in [-0.39, 0.29) is 21.5 Å². The maximum absolute atomic E-state index is 12.6. The van der Waals surface area contributed by atoms with Gasteiger partial charge in [-0.1, -0.05) is 47.5 Å². The van der Waals surface area contributed by atoms with Crippen LogP contribution in [-0.4, -0.2) is 32.2 Å². The molecule has 0 saturated carbocycles. The van der Waals surface area contributed by atoms with Crippen LogP contribution >= 0.6 is 23.2 Å². The van der Waals surface area contributed by atoms with E-state index in [1.54, 1.807) is 0 Å². The van der Waals surface area contributed by atoms with E-state index in [4.69, 9.17) is 23.2 Å². The molecule has 0 unspecified atom stereocenters. The van der Waals surface area contributed by atoms with Crippen LogP contribution in [0.15, 0.2) is 41.3 Å². The van der Waals surface area contributed by atoms with Crippen molar-refractivity contribution in [2.45, 2.75) is 18.7 Å². The van der Waals surface area contributed by atoms with Gasteiger partial charge in [-0.15, -0.1) is 0 Å². The van der Waals surface area contributed by atoms with Crippen LogP contribution in [0.2, 0.25) is 10.0 Å². The molecule has 0 aromatic heterocycles. The monoisotopic (exact) mass is 400 g/mol. The van der Waals surface area contributed by atoms with Crippen LogP contribution < -0.4 is 5.32 Å². The highest BCUT2D eigenvalue weighted by molar-refractivity contribution is 7.89. The van der Waals surface area contributed by atoms with E-state index < -0.39 is 15.9 Å². The summed E-state index contributed by atoms with van der Waals surface area (Å²) in [6.07, 6.45) is 0. The number of carbonyl (C=O) groups excluding carboxylic acids is 1. The van der Waals surface area contributed by atoms with Crippen molar-refractivity contribution in [2.24, 2.45) is 0 Å². The molecule has 25 heavy (non-hydrogen) atoms. The maximum atomic E-state index is 12.6. The molecule has 0 atom stereocenters. The molecule has 134 valence electrons. The molecule has 2 aromatic rings. The van der Waals surface area contributed by atoms with Crippen molar-refractivity contribution in [2.75, 3.05) is 18.9 Å². The van der Waals surface area contributed by atoms with Gasteiger partial charge in [0.1, 0.15) is 4.90 Å². The maximum Gasteiger partial charge on any atom is 0.244 e. The first-order chi connectivity index (χ1) is 11.6. The second-order valence-corrected chi connectivity index (χ2v) is 8.43. The van der Waals surface area contributed by atoms with E-state index in [1.807, 2.05) is 32.0 Å². The quantitative estimate of drug-likeness (QED) is 0.827. The number of sulfonamides is 1. The molecule has 0 fully saturated rings. The summed E-state index contributed by atoms with van der Waals surface area (Å²) >= 11 is 11.9. The zero-order valence-electron chi connectivity index (χ0n) is 14.0. The second-order valence-electron chi connectivity index (χ2n) is 5.63. The van der Waals surface area contributed by atoms with E-state index in [2.05, 4.69) is 5.32 Å². The largest absolute Gasteiger partial charge is 0.324 e. The molecule has 5 nitrogen and oxygen atoms in total. The number of nitrogens with one attached hydrogen (secondary N) is 1. The van der Waals surface area contributed by atoms with E-state index in [0.29, 0.717) is 5.69 Å². The van der Waals surface area contributed by atoms with Gasteiger partial charge in [-0.25, -0.2) is 8.42 Å². The average Bonchev–Trinajstić information content (AvgIpc) is 2.53. The lowest BCUT2D eigenvalue weighted by molar-refractivity contribution is -0.116. The summed E-state index contributed by atoms with van der Waals surface area (Å²) in [5.41, 5.74) is 2.48. The summed E-state index contributed by atoms with van der Waals surface area (Å²) in [6.45, 7) is 3.39. The first kappa shape index (κ1) is 19.7. The predicted octanol–water partition coefficient (Wildman–Crippen LogP) is 3.87. The van der Waals surface area contributed by atoms with Gasteiger partial charge in [0.25, 0.3) is 0 Å². The van der Waals surface area contributed by atoms with Crippen LogP contribution in [0.5, 0.6) is 0 Å². The van der Waals surface area contributed by atoms with Gasteiger partial charge in [0.05, 0.1) is 16.6 Å². The molecular formula is C17H18Cl2N2O3S. The van der Waals surface area contributed by atoms with Crippen molar-refractivity contribution >= 4 is 44.8 Å². The fourth-order valence-corrected chi connectivity index (χ4v) is 4.19. The number of hydrogen-bond donors (Lipinski definition) is 1. The molecule has 0 heterocycles. The number of para-hydroxylation sites is 1. The Morgan fingerprint density at radius 2 is 1.64 bits per heavy atom. The lowest BCUT2D eigenvalue weighted by atomic mass is 10.1. The highest BCUT2D eigenvalue weighted by atomic mass is 35.5. The fraction of sp³-hybridized carbons (Fsp3) is 0.235. The SMILES string of the molecule is Cc1cccc(C)c1NC(=O)CN(C)S(=O)(=O)c1cccc(Cl)c1Cl. The summed E-state index contributed by atoms with van der Waals surface area (Å²) < 4.78 is 26.2. The number of carbonyl (C=O) groups is 1. The molecule has 2 rings (SSSR count). The number of benzene rings is 2. The zero-order valence-corrected chi connectivity index (χ0v) is 16.3. The molecule has 1 amide bonds. The summed E-state index contributed by atoms with van der Waals surface area (Å²) in [6, 6.07) is 9.97. The second kappa shape index (κ2) is 7.74. The molecule has 0 saturated heterocycles. The molecule has 0 aliphatic carbocycles. The Bertz CT molecular complexity index is 894. The third-order valence-corrected chi connectivity index (χ3v) is 6.49. The number of hydrogen-bond acceptors (Lipinski definition) is 3. The van der Waals surface area contributed by atoms with E-state index in [9.17, 15) is 13.2 Å². The first-order valence-electron chi connectivity index (χ1n) is 7.41. The van der Waals surface area contributed by atoms with Gasteiger partial charge >= 0.3 is 0 Å². The van der Waals surface area contributed by atoms with E-state index in [1.165, 1.54) is 25.2 Å². The third kappa shape index (κ3) is 4.33. The molecule has 0 aliphatic rings. The van der Waals surface area contributed by atoms with Crippen molar-refractivity contribution in [1.82, 2.24) is 4.31 Å². The summed E-state index contributed by atoms with van der Waals surface area (Å²) in [7, 11) is -2.63. The van der Waals surface area contributed by atoms with Gasteiger partial charge in [-0.05, 0) is 37.1 Å². The zero-order chi connectivity index (χ0) is 18.8. The Morgan fingerprint density at radius 3 is 2.24 bits per heavy atom. The average molecular weight is 401 g/mol. The summed E-state index contributed by atoms with van der Waals surface area (Å²) in [5.74, 6) is -0.443. The van der Waals surface area contributed by atoms with Gasteiger partial charge in [0.2, 0.25) is 15.9 Å². The topological polar surface area (TPSA) is 66.5 Å². The number of anilines is 1. The van der Waals surface area contributed by atoms with Crippen molar-refractivity contribution in [3.8, 4) is 0 Å². The Balaban J connectivity index is 2.19. The van der Waals surface area contributed by atoms with Crippen LogP contribution in [0, 0.1) is 13.8 Å². The molecule has 0 bridgehead atoms. The lowest BCUT2D eigenvalue weighted by Gasteiger charge is -2.19. The molecule has 0 spiro atoms. The van der Waals surface area contributed by atoms with Gasteiger partial charge < -0.3 is 5.32 Å². The number of halogens is 2. The highest BCUT2D eigenvalue weighted by Gasteiger charge is 2.26. The standard InChI is InChI=1S/C17H18Cl2N2O3S/c1-11-6-4-7-12(2)17(11)20-15(22)10-21(3)25(23,24)14-9-5-8-13(18)16(14)19/h4-9H,10H2,1-3H3,(H,20,22). The molecule has 0 aliphatic heterocycles. The first-order valence-corrected chi connectivity index (χ1v) is 9.60. The van der Waals surface area contributed by atoms with Crippen LogP contribution in [0.3, 0.4) is 0 Å². The van der Waals surface area contributed by atoms with Gasteiger partial charge in [0.15, 0.2) is 0 Å². The Labute approximate surface area is 157 Å². The number of rotatable bonds is 5. The molecule has 0 radical (unpaired) electrons. The third-order valence-electron chi connectivity index (χ3n) is 3.72. The molecule has 2 aromatic carbocycles.